The van der Waals surface area contributed by atoms with Gasteiger partial charge in [0.2, 0.25) is 11.8 Å². The Morgan fingerprint density at radius 2 is 1.81 bits per heavy atom. The molecule has 2 aromatic carbocycles. The Balaban J connectivity index is 1.61. The van der Waals surface area contributed by atoms with E-state index in [9.17, 15) is 9.59 Å². The summed E-state index contributed by atoms with van der Waals surface area (Å²) >= 11 is 0. The number of nitrogens with zero attached hydrogens (tertiary/aromatic N) is 1. The molecule has 0 saturated heterocycles. The first-order valence-electron chi connectivity index (χ1n) is 9.78. The molecular weight excluding hydrogens is 336 g/mol. The normalized spacial score (nSPS) is 21.2. The molecule has 1 atom stereocenters. The Kier molecular flexibility index (Phi) is 4.73. The van der Waals surface area contributed by atoms with E-state index >= 15 is 0 Å². The number of amides is 2. The number of para-hydroxylation sites is 1. The predicted molar refractivity (Wildman–Crippen MR) is 107 cm³/mol. The number of carbonyl (C=O) groups excluding carboxylic acids is 2. The minimum absolute atomic E-state index is 0.0502. The third-order valence-electron chi connectivity index (χ3n) is 5.91. The highest BCUT2D eigenvalue weighted by Crippen LogP contribution is 2.46. The first-order valence-corrected chi connectivity index (χ1v) is 9.78. The number of hydrogen-bond acceptors (Lipinski definition) is 2. The summed E-state index contributed by atoms with van der Waals surface area (Å²) in [6.45, 7) is 0.773. The Morgan fingerprint density at radius 3 is 2.56 bits per heavy atom. The molecule has 4 heteroatoms. The highest BCUT2D eigenvalue weighted by Gasteiger charge is 2.49. The van der Waals surface area contributed by atoms with Crippen LogP contribution in [0.5, 0.6) is 0 Å². The van der Waals surface area contributed by atoms with Gasteiger partial charge in [-0.2, -0.15) is 0 Å². The van der Waals surface area contributed by atoms with Crippen LogP contribution in [0, 0.1) is 5.92 Å². The molecule has 1 fully saturated rings. The standard InChI is InChI=1S/C23H26N2O2/c1-25-20-10-6-5-9-19(20)23(22(25)27,15-17-7-3-2-4-8-17)14-13-21(26)24-16-18-11-12-18/h2-10,18H,11-16H2,1H3,(H,24,26)/t23-/m1/s1. The number of fused-ring (bicyclic) bond motifs is 1. The van der Waals surface area contributed by atoms with E-state index in [1.54, 1.807) is 4.90 Å². The average molecular weight is 362 g/mol. The molecule has 0 bridgehead atoms. The van der Waals surface area contributed by atoms with Crippen molar-refractivity contribution in [2.75, 3.05) is 18.5 Å². The third-order valence-corrected chi connectivity index (χ3v) is 5.91. The van der Waals surface area contributed by atoms with Crippen LogP contribution in [-0.4, -0.2) is 25.4 Å². The molecule has 0 spiro atoms. The van der Waals surface area contributed by atoms with Crippen LogP contribution in [0.4, 0.5) is 5.69 Å². The molecule has 2 aliphatic rings. The molecule has 2 amide bonds. The van der Waals surface area contributed by atoms with Crippen molar-refractivity contribution in [3.63, 3.8) is 0 Å². The van der Waals surface area contributed by atoms with Crippen molar-refractivity contribution in [2.45, 2.75) is 37.5 Å². The smallest absolute Gasteiger partial charge is 0.237 e. The van der Waals surface area contributed by atoms with Crippen molar-refractivity contribution in [1.29, 1.82) is 0 Å². The molecule has 4 rings (SSSR count). The second kappa shape index (κ2) is 7.18. The molecule has 1 saturated carbocycles. The van der Waals surface area contributed by atoms with E-state index < -0.39 is 5.41 Å². The number of nitrogens with one attached hydrogen (secondary N) is 1. The molecule has 1 aliphatic carbocycles. The van der Waals surface area contributed by atoms with Crippen molar-refractivity contribution in [1.82, 2.24) is 5.32 Å². The molecule has 27 heavy (non-hydrogen) atoms. The highest BCUT2D eigenvalue weighted by atomic mass is 16.2. The van der Waals surface area contributed by atoms with E-state index in [0.29, 0.717) is 25.2 Å². The van der Waals surface area contributed by atoms with Crippen molar-refractivity contribution >= 4 is 17.5 Å². The van der Waals surface area contributed by atoms with Gasteiger partial charge in [0, 0.05) is 25.7 Å². The van der Waals surface area contributed by atoms with Crippen LogP contribution in [0.1, 0.15) is 36.8 Å². The lowest BCUT2D eigenvalue weighted by Crippen LogP contribution is -2.41. The van der Waals surface area contributed by atoms with Crippen LogP contribution in [0.3, 0.4) is 0 Å². The fraction of sp³-hybridized carbons (Fsp3) is 0.391. The van der Waals surface area contributed by atoms with Crippen LogP contribution >= 0.6 is 0 Å². The van der Waals surface area contributed by atoms with E-state index in [2.05, 4.69) is 17.4 Å². The highest BCUT2D eigenvalue weighted by molar-refractivity contribution is 6.08. The molecule has 1 N–H and O–H groups in total. The van der Waals surface area contributed by atoms with Crippen LogP contribution in [0.25, 0.3) is 0 Å². The molecule has 0 aromatic heterocycles. The van der Waals surface area contributed by atoms with Gasteiger partial charge in [-0.05, 0) is 48.8 Å². The Morgan fingerprint density at radius 1 is 1.11 bits per heavy atom. The number of hydrogen-bond donors (Lipinski definition) is 1. The Bertz CT molecular complexity index is 844. The summed E-state index contributed by atoms with van der Waals surface area (Å²) in [5.74, 6) is 0.795. The zero-order chi connectivity index (χ0) is 18.9. The third kappa shape index (κ3) is 3.48. The Labute approximate surface area is 160 Å². The van der Waals surface area contributed by atoms with Gasteiger partial charge < -0.3 is 10.2 Å². The summed E-state index contributed by atoms with van der Waals surface area (Å²) in [7, 11) is 1.83. The quantitative estimate of drug-likeness (QED) is 0.820. The van der Waals surface area contributed by atoms with E-state index in [1.165, 1.54) is 12.8 Å². The first-order chi connectivity index (χ1) is 13.1. The topological polar surface area (TPSA) is 49.4 Å². The van der Waals surface area contributed by atoms with E-state index in [4.69, 9.17) is 0 Å². The van der Waals surface area contributed by atoms with E-state index in [0.717, 1.165) is 23.4 Å². The van der Waals surface area contributed by atoms with Gasteiger partial charge >= 0.3 is 0 Å². The molecule has 1 heterocycles. The summed E-state index contributed by atoms with van der Waals surface area (Å²) in [4.78, 5) is 27.5. The van der Waals surface area contributed by atoms with E-state index in [1.807, 2.05) is 49.5 Å². The fourth-order valence-electron chi connectivity index (χ4n) is 4.16. The molecule has 0 unspecified atom stereocenters. The average Bonchev–Trinajstić information content (AvgIpc) is 3.51. The fourth-order valence-corrected chi connectivity index (χ4v) is 4.16. The van der Waals surface area contributed by atoms with Gasteiger partial charge in [0.15, 0.2) is 0 Å². The monoisotopic (exact) mass is 362 g/mol. The van der Waals surface area contributed by atoms with Gasteiger partial charge in [-0.1, -0.05) is 48.5 Å². The van der Waals surface area contributed by atoms with Gasteiger partial charge in [-0.25, -0.2) is 0 Å². The van der Waals surface area contributed by atoms with Gasteiger partial charge in [0.05, 0.1) is 5.41 Å². The number of rotatable bonds is 7. The molecule has 4 nitrogen and oxygen atoms in total. The number of anilines is 1. The van der Waals surface area contributed by atoms with E-state index in [-0.39, 0.29) is 11.8 Å². The van der Waals surface area contributed by atoms with Crippen molar-refractivity contribution < 1.29 is 9.59 Å². The maximum Gasteiger partial charge on any atom is 0.237 e. The SMILES string of the molecule is CN1C(=O)[C@](CCC(=O)NCC2CC2)(Cc2ccccc2)c2ccccc21. The van der Waals surface area contributed by atoms with Gasteiger partial charge in [-0.15, -0.1) is 0 Å². The van der Waals surface area contributed by atoms with Crippen molar-refractivity contribution in [2.24, 2.45) is 5.92 Å². The lowest BCUT2D eigenvalue weighted by atomic mass is 9.73. The first kappa shape index (κ1) is 17.8. The zero-order valence-electron chi connectivity index (χ0n) is 15.8. The largest absolute Gasteiger partial charge is 0.356 e. The molecule has 0 radical (unpaired) electrons. The maximum absolute atomic E-state index is 13.4. The second-order valence-corrected chi connectivity index (χ2v) is 7.87. The summed E-state index contributed by atoms with van der Waals surface area (Å²) in [5.41, 5.74) is 2.44. The summed E-state index contributed by atoms with van der Waals surface area (Å²) in [5, 5.41) is 3.04. The van der Waals surface area contributed by atoms with Crippen molar-refractivity contribution in [3.05, 3.63) is 65.7 Å². The van der Waals surface area contributed by atoms with Gasteiger partial charge in [-0.3, -0.25) is 9.59 Å². The summed E-state index contributed by atoms with van der Waals surface area (Å²) in [6, 6.07) is 18.1. The molecular formula is C23H26N2O2. The molecule has 2 aromatic rings. The van der Waals surface area contributed by atoms with Gasteiger partial charge in [0.1, 0.15) is 0 Å². The van der Waals surface area contributed by atoms with Crippen molar-refractivity contribution in [3.8, 4) is 0 Å². The van der Waals surface area contributed by atoms with Crippen LogP contribution in [-0.2, 0) is 21.4 Å². The summed E-state index contributed by atoms with van der Waals surface area (Å²) in [6.07, 6.45) is 3.94. The Hall–Kier alpha value is -2.62. The lowest BCUT2D eigenvalue weighted by Gasteiger charge is -2.28. The lowest BCUT2D eigenvalue weighted by molar-refractivity contribution is -0.124. The van der Waals surface area contributed by atoms with Gasteiger partial charge in [0.25, 0.3) is 0 Å². The predicted octanol–water partition coefficient (Wildman–Crippen LogP) is 3.45. The molecule has 1 aliphatic heterocycles. The second-order valence-electron chi connectivity index (χ2n) is 7.87. The maximum atomic E-state index is 13.4. The minimum atomic E-state index is -0.677. The van der Waals surface area contributed by atoms with Crippen LogP contribution in [0.15, 0.2) is 54.6 Å². The molecule has 140 valence electrons. The van der Waals surface area contributed by atoms with Crippen LogP contribution < -0.4 is 10.2 Å². The number of benzene rings is 2. The zero-order valence-corrected chi connectivity index (χ0v) is 15.8. The van der Waals surface area contributed by atoms with Crippen LogP contribution in [0.2, 0.25) is 0 Å². The number of carbonyl (C=O) groups is 2. The minimum Gasteiger partial charge on any atom is -0.356 e. The summed E-state index contributed by atoms with van der Waals surface area (Å²) < 4.78 is 0. The number of likely N-dealkylation sites (N-methyl/N-ethyl adjacent to an activating group) is 1.